The lowest BCUT2D eigenvalue weighted by Crippen LogP contribution is -2.29. The third kappa shape index (κ3) is 3.37. The highest BCUT2D eigenvalue weighted by Crippen LogP contribution is 2.43. The Labute approximate surface area is 193 Å². The molecule has 1 aliphatic rings. The number of hydrogen-bond acceptors (Lipinski definition) is 7. The average Bonchev–Trinajstić information content (AvgIpc) is 3.51. The first-order valence-corrected chi connectivity index (χ1v) is 11.3. The zero-order valence-electron chi connectivity index (χ0n) is 17.9. The number of amides is 1. The number of hydrogen-bond donors (Lipinski definition) is 1. The lowest BCUT2D eigenvalue weighted by Gasteiger charge is -2.23. The van der Waals surface area contributed by atoms with E-state index >= 15 is 0 Å². The summed E-state index contributed by atoms with van der Waals surface area (Å²) in [5.41, 5.74) is 2.19. The Morgan fingerprint density at radius 3 is 2.67 bits per heavy atom. The van der Waals surface area contributed by atoms with E-state index in [0.29, 0.717) is 40.1 Å². The number of benzene rings is 1. The smallest absolute Gasteiger partial charge is 0.301 e. The van der Waals surface area contributed by atoms with Crippen molar-refractivity contribution in [3.05, 3.63) is 82.8 Å². The molecule has 5 rings (SSSR count). The van der Waals surface area contributed by atoms with E-state index in [-0.39, 0.29) is 11.3 Å². The summed E-state index contributed by atoms with van der Waals surface area (Å²) < 4.78 is 7.24. The number of Topliss-reactive ketones (excluding diaryl/α,β-unsaturated/α-hetero) is 1. The number of pyridine rings is 1. The van der Waals surface area contributed by atoms with E-state index < -0.39 is 17.7 Å². The van der Waals surface area contributed by atoms with E-state index in [4.69, 9.17) is 4.74 Å². The van der Waals surface area contributed by atoms with Gasteiger partial charge >= 0.3 is 5.91 Å². The minimum atomic E-state index is -0.847. The Balaban J connectivity index is 1.74. The minimum Gasteiger partial charge on any atom is -0.505 e. The van der Waals surface area contributed by atoms with Crippen molar-refractivity contribution >= 4 is 39.6 Å². The molecule has 0 saturated carbocycles. The number of ketones is 1. The van der Waals surface area contributed by atoms with Crippen molar-refractivity contribution in [3.8, 4) is 5.75 Å². The molecule has 0 aliphatic carbocycles. The molecule has 4 aromatic rings. The van der Waals surface area contributed by atoms with Crippen LogP contribution in [-0.4, -0.2) is 37.8 Å². The van der Waals surface area contributed by atoms with E-state index in [1.807, 2.05) is 25.1 Å². The van der Waals surface area contributed by atoms with E-state index in [0.717, 1.165) is 0 Å². The summed E-state index contributed by atoms with van der Waals surface area (Å²) in [7, 11) is 0. The molecule has 1 aromatic carbocycles. The van der Waals surface area contributed by atoms with Crippen LogP contribution in [0, 0.1) is 6.92 Å². The number of aromatic nitrogens is 3. The maximum absolute atomic E-state index is 13.3. The van der Waals surface area contributed by atoms with Crippen LogP contribution in [0.25, 0.3) is 11.4 Å². The topological polar surface area (TPSA) is 97.0 Å². The standard InChI is InChI=1S/C24H20N4O4S/c1-3-32-16-9-7-15(8-10-16)20-18(22(30)23(31)28(20)24-25-11-13-33-24)21(29)19-14(2)26-17-6-4-5-12-27(17)19/h4-13,20,29H,3H2,1-2H3. The summed E-state index contributed by atoms with van der Waals surface area (Å²) in [4.78, 5) is 36.5. The number of nitrogens with zero attached hydrogens (tertiary/aromatic N) is 4. The molecule has 33 heavy (non-hydrogen) atoms. The second-order valence-corrected chi connectivity index (χ2v) is 8.33. The van der Waals surface area contributed by atoms with Crippen molar-refractivity contribution in [2.45, 2.75) is 19.9 Å². The lowest BCUT2D eigenvalue weighted by atomic mass is 9.96. The van der Waals surface area contributed by atoms with Crippen molar-refractivity contribution in [1.82, 2.24) is 14.4 Å². The largest absolute Gasteiger partial charge is 0.505 e. The molecule has 0 spiro atoms. The van der Waals surface area contributed by atoms with Gasteiger partial charge in [-0.3, -0.25) is 18.9 Å². The van der Waals surface area contributed by atoms with E-state index in [1.54, 1.807) is 53.4 Å². The van der Waals surface area contributed by atoms with Crippen LogP contribution in [0.15, 0.2) is 65.8 Å². The summed E-state index contributed by atoms with van der Waals surface area (Å²) in [5, 5.41) is 13.6. The number of rotatable bonds is 5. The molecule has 1 fully saturated rings. The monoisotopic (exact) mass is 460 g/mol. The molecular weight excluding hydrogens is 440 g/mol. The Kier molecular flexibility index (Phi) is 5.18. The van der Waals surface area contributed by atoms with Gasteiger partial charge in [-0.05, 0) is 43.7 Å². The van der Waals surface area contributed by atoms with Crippen LogP contribution in [0.5, 0.6) is 5.75 Å². The third-order valence-electron chi connectivity index (χ3n) is 5.51. The van der Waals surface area contributed by atoms with Gasteiger partial charge in [0.1, 0.15) is 17.1 Å². The molecule has 1 unspecified atom stereocenters. The van der Waals surface area contributed by atoms with Crippen LogP contribution < -0.4 is 9.64 Å². The van der Waals surface area contributed by atoms with Crippen molar-refractivity contribution in [3.63, 3.8) is 0 Å². The van der Waals surface area contributed by atoms with Gasteiger partial charge in [0.15, 0.2) is 10.9 Å². The molecule has 1 amide bonds. The van der Waals surface area contributed by atoms with Gasteiger partial charge in [0.05, 0.1) is 23.9 Å². The molecule has 0 radical (unpaired) electrons. The quantitative estimate of drug-likeness (QED) is 0.273. The Bertz CT molecular complexity index is 1390. The number of aryl methyl sites for hydroxylation is 1. The minimum absolute atomic E-state index is 0.00638. The highest BCUT2D eigenvalue weighted by molar-refractivity contribution is 7.14. The normalized spacial score (nSPS) is 17.8. The lowest BCUT2D eigenvalue weighted by molar-refractivity contribution is -0.132. The van der Waals surface area contributed by atoms with Gasteiger partial charge in [-0.2, -0.15) is 0 Å². The molecule has 8 nitrogen and oxygen atoms in total. The first kappa shape index (κ1) is 20.9. The predicted octanol–water partition coefficient (Wildman–Crippen LogP) is 4.12. The molecule has 1 saturated heterocycles. The summed E-state index contributed by atoms with van der Waals surface area (Å²) in [6, 6.07) is 11.7. The zero-order valence-corrected chi connectivity index (χ0v) is 18.7. The molecule has 3 aromatic heterocycles. The van der Waals surface area contributed by atoms with Gasteiger partial charge in [0.2, 0.25) is 0 Å². The van der Waals surface area contributed by atoms with Crippen LogP contribution in [0.4, 0.5) is 5.13 Å². The van der Waals surface area contributed by atoms with Crippen LogP contribution in [0.2, 0.25) is 0 Å². The van der Waals surface area contributed by atoms with Crippen molar-refractivity contribution in [2.75, 3.05) is 11.5 Å². The molecule has 9 heteroatoms. The number of carbonyl (C=O) groups excluding carboxylic acids is 2. The Morgan fingerprint density at radius 1 is 1.18 bits per heavy atom. The fourth-order valence-electron chi connectivity index (χ4n) is 4.12. The number of thiazole rings is 1. The number of aliphatic hydroxyl groups is 1. The summed E-state index contributed by atoms with van der Waals surface area (Å²) in [5.74, 6) is -1.11. The molecule has 0 bridgehead atoms. The number of aliphatic hydroxyl groups excluding tert-OH is 1. The summed E-state index contributed by atoms with van der Waals surface area (Å²) in [6.45, 7) is 4.17. The van der Waals surface area contributed by atoms with Crippen LogP contribution in [0.1, 0.15) is 29.9 Å². The van der Waals surface area contributed by atoms with Gasteiger partial charge in [-0.15, -0.1) is 11.3 Å². The second-order valence-electron chi connectivity index (χ2n) is 7.46. The van der Waals surface area contributed by atoms with Gasteiger partial charge in [0.25, 0.3) is 5.78 Å². The Morgan fingerprint density at radius 2 is 1.97 bits per heavy atom. The molecule has 1 N–H and O–H groups in total. The first-order chi connectivity index (χ1) is 16.0. The van der Waals surface area contributed by atoms with Crippen LogP contribution in [0.3, 0.4) is 0 Å². The average molecular weight is 461 g/mol. The molecule has 1 aliphatic heterocycles. The maximum Gasteiger partial charge on any atom is 0.301 e. The van der Waals surface area contributed by atoms with E-state index in [9.17, 15) is 14.7 Å². The highest BCUT2D eigenvalue weighted by atomic mass is 32.1. The maximum atomic E-state index is 13.3. The highest BCUT2D eigenvalue weighted by Gasteiger charge is 2.48. The number of fused-ring (bicyclic) bond motifs is 1. The van der Waals surface area contributed by atoms with Crippen LogP contribution >= 0.6 is 11.3 Å². The fourth-order valence-corrected chi connectivity index (χ4v) is 4.79. The number of imidazole rings is 1. The van der Waals surface area contributed by atoms with Crippen molar-refractivity contribution in [1.29, 1.82) is 0 Å². The van der Waals surface area contributed by atoms with E-state index in [2.05, 4.69) is 9.97 Å². The zero-order chi connectivity index (χ0) is 23.1. The second kappa shape index (κ2) is 8.18. The SMILES string of the molecule is CCOc1ccc(C2C(=C(O)c3c(C)nc4ccccn34)C(=O)C(=O)N2c2nccs2)cc1. The number of ether oxygens (including phenoxy) is 1. The van der Waals surface area contributed by atoms with Gasteiger partial charge in [0, 0.05) is 17.8 Å². The molecule has 4 heterocycles. The van der Waals surface area contributed by atoms with Gasteiger partial charge in [-0.25, -0.2) is 9.97 Å². The number of anilines is 1. The Hall–Kier alpha value is -3.98. The van der Waals surface area contributed by atoms with E-state index in [1.165, 1.54) is 16.2 Å². The molecule has 1 atom stereocenters. The van der Waals surface area contributed by atoms with Crippen LogP contribution in [-0.2, 0) is 9.59 Å². The van der Waals surface area contributed by atoms with Gasteiger partial charge < -0.3 is 9.84 Å². The third-order valence-corrected chi connectivity index (χ3v) is 6.28. The number of carbonyl (C=O) groups is 2. The van der Waals surface area contributed by atoms with Gasteiger partial charge in [-0.1, -0.05) is 18.2 Å². The molecular formula is C24H20N4O4S. The van der Waals surface area contributed by atoms with Crippen molar-refractivity contribution in [2.24, 2.45) is 0 Å². The van der Waals surface area contributed by atoms with Crippen molar-refractivity contribution < 1.29 is 19.4 Å². The predicted molar refractivity (Wildman–Crippen MR) is 124 cm³/mol. The first-order valence-electron chi connectivity index (χ1n) is 10.4. The summed E-state index contributed by atoms with van der Waals surface area (Å²) in [6.07, 6.45) is 3.33. The summed E-state index contributed by atoms with van der Waals surface area (Å²) >= 11 is 1.25. The molecule has 166 valence electrons. The fraction of sp³-hybridized carbons (Fsp3) is 0.167.